The molecular formula is C20H22O. The van der Waals surface area contributed by atoms with Crippen molar-refractivity contribution in [1.82, 2.24) is 0 Å². The van der Waals surface area contributed by atoms with Crippen molar-refractivity contribution in [1.29, 1.82) is 0 Å². The number of ether oxygens (including phenoxy) is 1. The number of fused-ring (bicyclic) bond motifs is 1. The minimum absolute atomic E-state index is 0.0305. The molecule has 0 radical (unpaired) electrons. The van der Waals surface area contributed by atoms with Gasteiger partial charge in [-0.15, -0.1) is 0 Å². The molecule has 2 aliphatic rings. The van der Waals surface area contributed by atoms with Gasteiger partial charge in [0.1, 0.15) is 0 Å². The molecular weight excluding hydrogens is 256 g/mol. The van der Waals surface area contributed by atoms with Crippen molar-refractivity contribution < 1.29 is 4.74 Å². The first kappa shape index (κ1) is 13.1. The Morgan fingerprint density at radius 2 is 1.48 bits per heavy atom. The molecule has 21 heavy (non-hydrogen) atoms. The van der Waals surface area contributed by atoms with Crippen molar-refractivity contribution in [2.24, 2.45) is 5.92 Å². The van der Waals surface area contributed by atoms with Crippen LogP contribution in [0.25, 0.3) is 0 Å². The van der Waals surface area contributed by atoms with Crippen molar-refractivity contribution in [2.75, 3.05) is 6.61 Å². The van der Waals surface area contributed by atoms with E-state index in [1.807, 2.05) is 0 Å². The van der Waals surface area contributed by atoms with Gasteiger partial charge in [-0.1, -0.05) is 67.1 Å². The molecule has 1 saturated heterocycles. The molecule has 0 amide bonds. The lowest BCUT2D eigenvalue weighted by Gasteiger charge is -2.38. The summed E-state index contributed by atoms with van der Waals surface area (Å²) >= 11 is 0. The van der Waals surface area contributed by atoms with Crippen LogP contribution in [0.2, 0.25) is 0 Å². The van der Waals surface area contributed by atoms with E-state index in [4.69, 9.17) is 4.74 Å². The molecule has 108 valence electrons. The molecule has 2 atom stereocenters. The molecule has 1 saturated carbocycles. The maximum Gasteiger partial charge on any atom is 0.0819 e. The molecule has 1 heterocycles. The van der Waals surface area contributed by atoms with Crippen LogP contribution in [0.5, 0.6) is 0 Å². The number of benzene rings is 2. The van der Waals surface area contributed by atoms with Gasteiger partial charge in [0, 0.05) is 12.5 Å². The van der Waals surface area contributed by atoms with Crippen LogP contribution in [-0.4, -0.2) is 12.2 Å². The standard InChI is InChI=1S/C20H22O/c1-3-8-16(9-4-1)19(17-10-5-2-6-11-17)20-14-7-12-18(20)13-15-21-20/h1-6,8-11,18-19H,7,12-15H2. The molecule has 1 aliphatic carbocycles. The van der Waals surface area contributed by atoms with Gasteiger partial charge in [-0.25, -0.2) is 0 Å². The molecule has 2 unspecified atom stereocenters. The average Bonchev–Trinajstić information content (AvgIpc) is 3.10. The summed E-state index contributed by atoms with van der Waals surface area (Å²) < 4.78 is 6.44. The monoisotopic (exact) mass is 278 g/mol. The maximum atomic E-state index is 6.44. The fraction of sp³-hybridized carbons (Fsp3) is 0.400. The average molecular weight is 278 g/mol. The molecule has 2 aromatic carbocycles. The molecule has 0 spiro atoms. The Morgan fingerprint density at radius 1 is 0.857 bits per heavy atom. The third-order valence-electron chi connectivity index (χ3n) is 5.40. The van der Waals surface area contributed by atoms with Gasteiger partial charge in [0.05, 0.1) is 5.60 Å². The summed E-state index contributed by atoms with van der Waals surface area (Å²) in [5, 5.41) is 0. The predicted octanol–water partition coefficient (Wildman–Crippen LogP) is 4.78. The summed E-state index contributed by atoms with van der Waals surface area (Å²) in [5.74, 6) is 1.10. The summed E-state index contributed by atoms with van der Waals surface area (Å²) in [6, 6.07) is 21.9. The summed E-state index contributed by atoms with van der Waals surface area (Å²) in [4.78, 5) is 0. The highest BCUT2D eigenvalue weighted by Crippen LogP contribution is 2.54. The van der Waals surface area contributed by atoms with E-state index < -0.39 is 0 Å². The third kappa shape index (κ3) is 2.11. The lowest BCUT2D eigenvalue weighted by atomic mass is 9.72. The number of hydrogen-bond donors (Lipinski definition) is 0. The number of hydrogen-bond acceptors (Lipinski definition) is 1. The quantitative estimate of drug-likeness (QED) is 0.785. The molecule has 0 bridgehead atoms. The van der Waals surface area contributed by atoms with Crippen LogP contribution in [0, 0.1) is 5.92 Å². The molecule has 1 heteroatoms. The van der Waals surface area contributed by atoms with Crippen molar-refractivity contribution in [3.05, 3.63) is 71.8 Å². The fourth-order valence-corrected chi connectivity index (χ4v) is 4.55. The summed E-state index contributed by atoms with van der Waals surface area (Å²) in [6.45, 7) is 0.931. The zero-order valence-electron chi connectivity index (χ0n) is 12.4. The van der Waals surface area contributed by atoms with Crippen LogP contribution in [0.15, 0.2) is 60.7 Å². The third-order valence-corrected chi connectivity index (χ3v) is 5.40. The Kier molecular flexibility index (Phi) is 3.31. The highest BCUT2D eigenvalue weighted by atomic mass is 16.5. The van der Waals surface area contributed by atoms with Crippen LogP contribution in [0.3, 0.4) is 0 Å². The van der Waals surface area contributed by atoms with Crippen LogP contribution in [0.1, 0.15) is 42.7 Å². The Labute approximate surface area is 127 Å². The van der Waals surface area contributed by atoms with Gasteiger partial charge < -0.3 is 4.74 Å². The largest absolute Gasteiger partial charge is 0.374 e. The lowest BCUT2D eigenvalue weighted by molar-refractivity contribution is -0.0218. The van der Waals surface area contributed by atoms with Gasteiger partial charge in [-0.05, 0) is 36.3 Å². The molecule has 0 aromatic heterocycles. The molecule has 4 rings (SSSR count). The van der Waals surface area contributed by atoms with Crippen molar-refractivity contribution in [3.63, 3.8) is 0 Å². The molecule has 2 aromatic rings. The first-order valence-electron chi connectivity index (χ1n) is 8.14. The smallest absolute Gasteiger partial charge is 0.0819 e. The highest BCUT2D eigenvalue weighted by molar-refractivity contribution is 5.37. The first-order chi connectivity index (χ1) is 10.4. The first-order valence-corrected chi connectivity index (χ1v) is 8.14. The second-order valence-corrected chi connectivity index (χ2v) is 6.44. The minimum atomic E-state index is 0.0305. The molecule has 2 fully saturated rings. The Bertz CT molecular complexity index is 540. The van der Waals surface area contributed by atoms with Crippen molar-refractivity contribution >= 4 is 0 Å². The maximum absolute atomic E-state index is 6.44. The number of rotatable bonds is 3. The zero-order valence-corrected chi connectivity index (χ0v) is 12.4. The van der Waals surface area contributed by atoms with Crippen molar-refractivity contribution in [3.8, 4) is 0 Å². The van der Waals surface area contributed by atoms with Crippen LogP contribution in [0.4, 0.5) is 0 Å². The van der Waals surface area contributed by atoms with Gasteiger partial charge >= 0.3 is 0 Å². The van der Waals surface area contributed by atoms with E-state index in [1.165, 1.54) is 36.8 Å². The Hall–Kier alpha value is -1.60. The Morgan fingerprint density at radius 3 is 2.10 bits per heavy atom. The van der Waals surface area contributed by atoms with Gasteiger partial charge in [0.25, 0.3) is 0 Å². The van der Waals surface area contributed by atoms with Gasteiger partial charge in [0.15, 0.2) is 0 Å². The molecule has 1 nitrogen and oxygen atoms in total. The normalized spacial score (nSPS) is 28.0. The van der Waals surface area contributed by atoms with Gasteiger partial charge in [-0.3, -0.25) is 0 Å². The highest BCUT2D eigenvalue weighted by Gasteiger charge is 2.53. The van der Waals surface area contributed by atoms with E-state index >= 15 is 0 Å². The predicted molar refractivity (Wildman–Crippen MR) is 85.4 cm³/mol. The fourth-order valence-electron chi connectivity index (χ4n) is 4.55. The molecule has 0 N–H and O–H groups in total. The van der Waals surface area contributed by atoms with E-state index in [-0.39, 0.29) is 5.60 Å². The van der Waals surface area contributed by atoms with E-state index in [2.05, 4.69) is 60.7 Å². The van der Waals surface area contributed by atoms with Gasteiger partial charge in [-0.2, -0.15) is 0 Å². The van der Waals surface area contributed by atoms with Gasteiger partial charge in [0.2, 0.25) is 0 Å². The zero-order chi connectivity index (χ0) is 14.1. The second-order valence-electron chi connectivity index (χ2n) is 6.44. The SMILES string of the molecule is c1ccc(C(c2ccccc2)C23CCCC2CCO3)cc1. The van der Waals surface area contributed by atoms with E-state index in [0.717, 1.165) is 12.5 Å². The summed E-state index contributed by atoms with van der Waals surface area (Å²) in [7, 11) is 0. The second kappa shape index (κ2) is 5.31. The summed E-state index contributed by atoms with van der Waals surface area (Å²) in [6.07, 6.45) is 5.07. The van der Waals surface area contributed by atoms with E-state index in [9.17, 15) is 0 Å². The lowest BCUT2D eigenvalue weighted by Crippen LogP contribution is -2.38. The van der Waals surface area contributed by atoms with E-state index in [0.29, 0.717) is 5.92 Å². The van der Waals surface area contributed by atoms with Crippen LogP contribution < -0.4 is 0 Å². The summed E-state index contributed by atoms with van der Waals surface area (Å²) in [5.41, 5.74) is 2.83. The van der Waals surface area contributed by atoms with E-state index in [1.54, 1.807) is 0 Å². The van der Waals surface area contributed by atoms with Crippen molar-refractivity contribution in [2.45, 2.75) is 37.2 Å². The van der Waals surface area contributed by atoms with Crippen LogP contribution >= 0.6 is 0 Å². The molecule has 1 aliphatic heterocycles. The minimum Gasteiger partial charge on any atom is -0.374 e. The van der Waals surface area contributed by atoms with Crippen LogP contribution in [-0.2, 0) is 4.74 Å². The topological polar surface area (TPSA) is 9.23 Å². The Balaban J connectivity index is 1.84.